The first-order valence-electron chi connectivity index (χ1n) is 6.65. The Morgan fingerprint density at radius 2 is 2.00 bits per heavy atom. The molecule has 5 nitrogen and oxygen atoms in total. The molecule has 0 unspecified atom stereocenters. The lowest BCUT2D eigenvalue weighted by Gasteiger charge is -2.07. The highest BCUT2D eigenvalue weighted by atomic mass is 15.0. The predicted octanol–water partition coefficient (Wildman–Crippen LogP) is 3.03. The highest BCUT2D eigenvalue weighted by Gasteiger charge is 2.17. The Hall–Kier alpha value is -2.43. The molecule has 20 heavy (non-hydrogen) atoms. The van der Waals surface area contributed by atoms with Crippen molar-refractivity contribution >= 4 is 16.9 Å². The average molecular weight is 267 g/mol. The van der Waals surface area contributed by atoms with Crippen LogP contribution >= 0.6 is 0 Å². The Morgan fingerprint density at radius 1 is 1.20 bits per heavy atom. The molecule has 0 bridgehead atoms. The van der Waals surface area contributed by atoms with Crippen LogP contribution in [0, 0.1) is 6.92 Å². The van der Waals surface area contributed by atoms with Gasteiger partial charge in [-0.15, -0.1) is 0 Å². The fourth-order valence-electron chi connectivity index (χ4n) is 2.60. The van der Waals surface area contributed by atoms with E-state index in [1.165, 1.54) is 5.56 Å². The van der Waals surface area contributed by atoms with Crippen LogP contribution in [0.4, 0.5) is 5.82 Å². The SMILES string of the molecule is Cc1[nH]c2nc(-c3ccccn3)nc(N)c2c1C(C)C. The molecule has 0 saturated heterocycles. The summed E-state index contributed by atoms with van der Waals surface area (Å²) in [5.41, 5.74) is 9.92. The Kier molecular flexibility index (Phi) is 2.89. The zero-order chi connectivity index (χ0) is 14.3. The summed E-state index contributed by atoms with van der Waals surface area (Å²) in [4.78, 5) is 16.5. The first-order valence-corrected chi connectivity index (χ1v) is 6.65. The fraction of sp³-hybridized carbons (Fsp3) is 0.267. The molecule has 0 aliphatic carbocycles. The molecule has 0 aromatic carbocycles. The monoisotopic (exact) mass is 267 g/mol. The van der Waals surface area contributed by atoms with Crippen LogP contribution in [0.15, 0.2) is 24.4 Å². The van der Waals surface area contributed by atoms with Gasteiger partial charge in [-0.3, -0.25) is 4.98 Å². The number of H-pyrrole nitrogens is 1. The van der Waals surface area contributed by atoms with Crippen molar-refractivity contribution in [1.29, 1.82) is 0 Å². The summed E-state index contributed by atoms with van der Waals surface area (Å²) in [7, 11) is 0. The van der Waals surface area contributed by atoms with Crippen LogP contribution < -0.4 is 5.73 Å². The summed E-state index contributed by atoms with van der Waals surface area (Å²) >= 11 is 0. The van der Waals surface area contributed by atoms with Crippen LogP contribution in [0.5, 0.6) is 0 Å². The molecule has 3 N–H and O–H groups in total. The maximum Gasteiger partial charge on any atom is 0.182 e. The van der Waals surface area contributed by atoms with Gasteiger partial charge in [0.1, 0.15) is 17.2 Å². The van der Waals surface area contributed by atoms with Gasteiger partial charge >= 0.3 is 0 Å². The normalized spacial score (nSPS) is 11.4. The maximum atomic E-state index is 6.15. The molecule has 3 heterocycles. The van der Waals surface area contributed by atoms with E-state index >= 15 is 0 Å². The number of pyridine rings is 1. The third-order valence-electron chi connectivity index (χ3n) is 3.39. The van der Waals surface area contributed by atoms with E-state index in [0.717, 1.165) is 22.4 Å². The third kappa shape index (κ3) is 1.91. The topological polar surface area (TPSA) is 80.5 Å². The Morgan fingerprint density at radius 3 is 2.65 bits per heavy atom. The molecule has 5 heteroatoms. The molecule has 102 valence electrons. The van der Waals surface area contributed by atoms with Gasteiger partial charge in [-0.05, 0) is 30.5 Å². The smallest absolute Gasteiger partial charge is 0.182 e. The minimum absolute atomic E-state index is 0.371. The van der Waals surface area contributed by atoms with Gasteiger partial charge in [0.15, 0.2) is 5.82 Å². The van der Waals surface area contributed by atoms with Crippen LogP contribution in [0.3, 0.4) is 0 Å². The van der Waals surface area contributed by atoms with Crippen molar-refractivity contribution in [2.45, 2.75) is 26.7 Å². The van der Waals surface area contributed by atoms with Crippen LogP contribution in [-0.4, -0.2) is 19.9 Å². The summed E-state index contributed by atoms with van der Waals surface area (Å²) in [6.07, 6.45) is 1.72. The van der Waals surface area contributed by atoms with Crippen LogP contribution in [0.2, 0.25) is 0 Å². The van der Waals surface area contributed by atoms with Crippen molar-refractivity contribution in [3.63, 3.8) is 0 Å². The standard InChI is InChI=1S/C15H17N5/c1-8(2)11-9(3)18-15-12(11)13(16)19-14(20-15)10-6-4-5-7-17-10/h4-8H,1-3H3,(H3,16,18,19,20). The third-order valence-corrected chi connectivity index (χ3v) is 3.39. The molecular weight excluding hydrogens is 250 g/mol. The molecule has 0 spiro atoms. The summed E-state index contributed by atoms with van der Waals surface area (Å²) < 4.78 is 0. The Balaban J connectivity index is 2.27. The zero-order valence-electron chi connectivity index (χ0n) is 11.8. The molecule has 0 amide bonds. The largest absolute Gasteiger partial charge is 0.383 e. The van der Waals surface area contributed by atoms with Gasteiger partial charge in [0.2, 0.25) is 0 Å². The molecule has 3 aromatic heterocycles. The second-order valence-corrected chi connectivity index (χ2v) is 5.19. The number of nitrogens with two attached hydrogens (primary N) is 1. The van der Waals surface area contributed by atoms with E-state index in [1.807, 2.05) is 25.1 Å². The molecule has 0 radical (unpaired) electrons. The number of fused-ring (bicyclic) bond motifs is 1. The highest BCUT2D eigenvalue weighted by Crippen LogP contribution is 2.32. The van der Waals surface area contributed by atoms with Gasteiger partial charge in [-0.25, -0.2) is 9.97 Å². The number of aromatic nitrogens is 4. The summed E-state index contributed by atoms with van der Waals surface area (Å²) in [5.74, 6) is 1.42. The summed E-state index contributed by atoms with van der Waals surface area (Å²) in [6.45, 7) is 6.32. The van der Waals surface area contributed by atoms with Crippen molar-refractivity contribution in [2.24, 2.45) is 0 Å². The van der Waals surface area contributed by atoms with E-state index < -0.39 is 0 Å². The molecule has 0 atom stereocenters. The predicted molar refractivity (Wildman–Crippen MR) is 80.4 cm³/mol. The molecule has 0 saturated carbocycles. The van der Waals surface area contributed by atoms with Crippen molar-refractivity contribution in [3.8, 4) is 11.5 Å². The van der Waals surface area contributed by atoms with Crippen molar-refractivity contribution < 1.29 is 0 Å². The van der Waals surface area contributed by atoms with Crippen molar-refractivity contribution in [1.82, 2.24) is 19.9 Å². The van der Waals surface area contributed by atoms with Gasteiger partial charge in [0.05, 0.1) is 5.39 Å². The van der Waals surface area contributed by atoms with Gasteiger partial charge < -0.3 is 10.7 Å². The van der Waals surface area contributed by atoms with E-state index in [4.69, 9.17) is 5.73 Å². The first kappa shape index (κ1) is 12.6. The van der Waals surface area contributed by atoms with E-state index in [2.05, 4.69) is 33.8 Å². The zero-order valence-corrected chi connectivity index (χ0v) is 11.8. The number of aromatic amines is 1. The highest BCUT2D eigenvalue weighted by molar-refractivity contribution is 5.92. The second-order valence-electron chi connectivity index (χ2n) is 5.19. The lowest BCUT2D eigenvalue weighted by atomic mass is 10.0. The van der Waals surface area contributed by atoms with Gasteiger partial charge in [0.25, 0.3) is 0 Å². The lowest BCUT2D eigenvalue weighted by molar-refractivity contribution is 0.863. The minimum atomic E-state index is 0.371. The van der Waals surface area contributed by atoms with E-state index in [1.54, 1.807) is 6.20 Å². The number of rotatable bonds is 2. The lowest BCUT2D eigenvalue weighted by Crippen LogP contribution is -1.99. The van der Waals surface area contributed by atoms with Crippen LogP contribution in [-0.2, 0) is 0 Å². The Labute approximate surface area is 117 Å². The number of anilines is 1. The van der Waals surface area contributed by atoms with Gasteiger partial charge in [-0.2, -0.15) is 0 Å². The average Bonchev–Trinajstić information content (AvgIpc) is 2.76. The Bertz CT molecular complexity index is 759. The van der Waals surface area contributed by atoms with Crippen LogP contribution in [0.1, 0.15) is 31.0 Å². The molecule has 0 aliphatic rings. The number of aryl methyl sites for hydroxylation is 1. The number of nitrogens with one attached hydrogen (secondary N) is 1. The van der Waals surface area contributed by atoms with E-state index in [0.29, 0.717) is 17.6 Å². The molecule has 0 fully saturated rings. The summed E-state index contributed by atoms with van der Waals surface area (Å²) in [5, 5.41) is 0.928. The van der Waals surface area contributed by atoms with Crippen molar-refractivity contribution in [3.05, 3.63) is 35.7 Å². The molecule has 3 rings (SSSR count). The maximum absolute atomic E-state index is 6.15. The van der Waals surface area contributed by atoms with Gasteiger partial charge in [0, 0.05) is 11.9 Å². The number of nitrogens with zero attached hydrogens (tertiary/aromatic N) is 3. The quantitative estimate of drug-likeness (QED) is 0.747. The number of hydrogen-bond acceptors (Lipinski definition) is 4. The van der Waals surface area contributed by atoms with E-state index in [9.17, 15) is 0 Å². The summed E-state index contributed by atoms with van der Waals surface area (Å²) in [6, 6.07) is 5.65. The molecular formula is C15H17N5. The number of hydrogen-bond donors (Lipinski definition) is 2. The fourth-order valence-corrected chi connectivity index (χ4v) is 2.60. The second kappa shape index (κ2) is 4.59. The van der Waals surface area contributed by atoms with E-state index in [-0.39, 0.29) is 0 Å². The van der Waals surface area contributed by atoms with Gasteiger partial charge in [-0.1, -0.05) is 19.9 Å². The van der Waals surface area contributed by atoms with Crippen LogP contribution in [0.25, 0.3) is 22.6 Å². The molecule has 0 aliphatic heterocycles. The first-order chi connectivity index (χ1) is 9.58. The molecule has 3 aromatic rings. The number of nitrogen functional groups attached to an aromatic ring is 1. The minimum Gasteiger partial charge on any atom is -0.383 e. The van der Waals surface area contributed by atoms with Crippen molar-refractivity contribution in [2.75, 3.05) is 5.73 Å².